The first-order chi connectivity index (χ1) is 10.6. The lowest BCUT2D eigenvalue weighted by Gasteiger charge is -2.30. The van der Waals surface area contributed by atoms with E-state index in [1.165, 1.54) is 31.0 Å². The van der Waals surface area contributed by atoms with Crippen molar-refractivity contribution in [1.82, 2.24) is 9.80 Å². The van der Waals surface area contributed by atoms with Crippen molar-refractivity contribution in [3.8, 4) is 0 Å². The normalized spacial score (nSPS) is 13.2. The molecule has 0 bridgehead atoms. The lowest BCUT2D eigenvalue weighted by Crippen LogP contribution is -2.51. The van der Waals surface area contributed by atoms with Gasteiger partial charge in [-0.3, -0.25) is 9.69 Å². The maximum Gasteiger partial charge on any atom is 0.409 e. The van der Waals surface area contributed by atoms with Gasteiger partial charge in [0.2, 0.25) is 5.91 Å². The number of nitrogens with zero attached hydrogens (tertiary/aromatic N) is 2. The van der Waals surface area contributed by atoms with Crippen molar-refractivity contribution in [2.24, 2.45) is 5.92 Å². The van der Waals surface area contributed by atoms with Crippen LogP contribution in [0.1, 0.15) is 40.5 Å². The first-order valence-corrected chi connectivity index (χ1v) is 7.87. The van der Waals surface area contributed by atoms with E-state index < -0.39 is 24.1 Å². The molecule has 7 heteroatoms. The molecule has 0 fully saturated rings. The van der Waals surface area contributed by atoms with Gasteiger partial charge in [0.15, 0.2) is 0 Å². The molecule has 0 aliphatic carbocycles. The van der Waals surface area contributed by atoms with Crippen LogP contribution in [0.25, 0.3) is 0 Å². The smallest absolute Gasteiger partial charge is 0.409 e. The van der Waals surface area contributed by atoms with Gasteiger partial charge in [-0.15, -0.1) is 0 Å². The molecule has 0 aromatic heterocycles. The Hall–Kier alpha value is -1.79. The van der Waals surface area contributed by atoms with Gasteiger partial charge in [-0.25, -0.2) is 9.59 Å². The summed E-state index contributed by atoms with van der Waals surface area (Å²) in [6.45, 7) is 7.75. The van der Waals surface area contributed by atoms with Crippen LogP contribution in [0.2, 0.25) is 0 Å². The lowest BCUT2D eigenvalue weighted by molar-refractivity contribution is -0.154. The molecule has 0 spiro atoms. The molecule has 0 aliphatic heterocycles. The highest BCUT2D eigenvalue weighted by molar-refractivity contribution is 5.89. The van der Waals surface area contributed by atoms with Gasteiger partial charge < -0.3 is 14.4 Å². The van der Waals surface area contributed by atoms with Crippen LogP contribution in [0.4, 0.5) is 4.79 Å². The zero-order valence-electron chi connectivity index (χ0n) is 15.3. The number of hydrogen-bond donors (Lipinski definition) is 0. The molecule has 0 aliphatic rings. The van der Waals surface area contributed by atoms with Gasteiger partial charge in [0, 0.05) is 14.1 Å². The molecule has 0 saturated carbocycles. The standard InChI is InChI=1S/C16H30N2O5/c1-11(2)9-8-10-23-15(20)13(4)17(5)14(19)12(3)18(6)16(21)22-7/h11-13H,8-10H2,1-7H3. The predicted molar refractivity (Wildman–Crippen MR) is 86.9 cm³/mol. The molecule has 7 nitrogen and oxygen atoms in total. The second kappa shape index (κ2) is 10.1. The Labute approximate surface area is 138 Å². The van der Waals surface area contributed by atoms with Crippen LogP contribution in [0.15, 0.2) is 0 Å². The van der Waals surface area contributed by atoms with Gasteiger partial charge in [-0.2, -0.15) is 0 Å². The summed E-state index contributed by atoms with van der Waals surface area (Å²) < 4.78 is 9.78. The highest BCUT2D eigenvalue weighted by Gasteiger charge is 2.30. The predicted octanol–water partition coefficient (Wildman–Crippen LogP) is 1.90. The third kappa shape index (κ3) is 6.88. The van der Waals surface area contributed by atoms with Crippen LogP contribution in [-0.2, 0) is 19.1 Å². The third-order valence-electron chi connectivity index (χ3n) is 3.84. The number of methoxy groups -OCH3 is 1. The maximum absolute atomic E-state index is 12.3. The van der Waals surface area contributed by atoms with Gasteiger partial charge in [0.1, 0.15) is 12.1 Å². The lowest BCUT2D eigenvalue weighted by atomic mass is 10.1. The monoisotopic (exact) mass is 330 g/mol. The Morgan fingerprint density at radius 3 is 2.00 bits per heavy atom. The molecule has 134 valence electrons. The van der Waals surface area contributed by atoms with E-state index in [0.717, 1.165) is 12.8 Å². The van der Waals surface area contributed by atoms with Crippen LogP contribution in [0.5, 0.6) is 0 Å². The van der Waals surface area contributed by atoms with Crippen LogP contribution < -0.4 is 0 Å². The molecule has 2 amide bonds. The number of rotatable bonds is 8. The Bertz CT molecular complexity index is 411. The van der Waals surface area contributed by atoms with Crippen molar-refractivity contribution in [2.45, 2.75) is 52.6 Å². The largest absolute Gasteiger partial charge is 0.464 e. The number of esters is 1. The average Bonchev–Trinajstić information content (AvgIpc) is 2.53. The fraction of sp³-hybridized carbons (Fsp3) is 0.812. The number of amides is 2. The number of carbonyl (C=O) groups is 3. The fourth-order valence-corrected chi connectivity index (χ4v) is 1.90. The summed E-state index contributed by atoms with van der Waals surface area (Å²) in [5, 5.41) is 0. The fourth-order valence-electron chi connectivity index (χ4n) is 1.90. The van der Waals surface area contributed by atoms with Crippen molar-refractivity contribution in [3.05, 3.63) is 0 Å². The van der Waals surface area contributed by atoms with E-state index >= 15 is 0 Å². The molecule has 0 N–H and O–H groups in total. The van der Waals surface area contributed by atoms with Crippen LogP contribution in [0, 0.1) is 5.92 Å². The minimum absolute atomic E-state index is 0.348. The number of ether oxygens (including phenoxy) is 2. The summed E-state index contributed by atoms with van der Waals surface area (Å²) in [7, 11) is 4.23. The molecule has 0 aromatic carbocycles. The van der Waals surface area contributed by atoms with E-state index in [0.29, 0.717) is 12.5 Å². The first kappa shape index (κ1) is 21.2. The Morgan fingerprint density at radius 2 is 1.52 bits per heavy atom. The quantitative estimate of drug-likeness (QED) is 0.502. The molecule has 0 heterocycles. The van der Waals surface area contributed by atoms with Crippen molar-refractivity contribution in [2.75, 3.05) is 27.8 Å². The number of carbonyl (C=O) groups excluding carboxylic acids is 3. The van der Waals surface area contributed by atoms with E-state index in [1.54, 1.807) is 13.8 Å². The minimum atomic E-state index is -0.733. The zero-order chi connectivity index (χ0) is 18.2. The van der Waals surface area contributed by atoms with Gasteiger partial charge in [-0.1, -0.05) is 13.8 Å². The second-order valence-corrected chi connectivity index (χ2v) is 6.09. The van der Waals surface area contributed by atoms with Crippen LogP contribution in [-0.4, -0.2) is 67.7 Å². The Kier molecular flexibility index (Phi) is 9.29. The van der Waals surface area contributed by atoms with E-state index in [1.807, 2.05) is 0 Å². The Morgan fingerprint density at radius 1 is 0.957 bits per heavy atom. The molecule has 0 rings (SSSR count). The first-order valence-electron chi connectivity index (χ1n) is 7.87. The van der Waals surface area contributed by atoms with Crippen LogP contribution in [0.3, 0.4) is 0 Å². The summed E-state index contributed by atoms with van der Waals surface area (Å²) in [5.41, 5.74) is 0. The highest BCUT2D eigenvalue weighted by Crippen LogP contribution is 2.08. The molecular formula is C16H30N2O5. The van der Waals surface area contributed by atoms with Gasteiger partial charge in [-0.05, 0) is 32.6 Å². The molecular weight excluding hydrogens is 300 g/mol. The summed E-state index contributed by atoms with van der Waals surface area (Å²) in [6.07, 6.45) is 1.18. The molecule has 0 aromatic rings. The van der Waals surface area contributed by atoms with Crippen molar-refractivity contribution >= 4 is 18.0 Å². The summed E-state index contributed by atoms with van der Waals surface area (Å²) in [4.78, 5) is 38.3. The van der Waals surface area contributed by atoms with E-state index in [-0.39, 0.29) is 5.91 Å². The average molecular weight is 330 g/mol. The van der Waals surface area contributed by atoms with Gasteiger partial charge >= 0.3 is 12.1 Å². The van der Waals surface area contributed by atoms with Crippen molar-refractivity contribution in [1.29, 1.82) is 0 Å². The third-order valence-corrected chi connectivity index (χ3v) is 3.84. The molecule has 23 heavy (non-hydrogen) atoms. The van der Waals surface area contributed by atoms with E-state index in [4.69, 9.17) is 4.74 Å². The number of likely N-dealkylation sites (N-methyl/N-ethyl adjacent to an activating group) is 2. The summed E-state index contributed by atoms with van der Waals surface area (Å²) in [6, 6.07) is -1.45. The molecule has 2 atom stereocenters. The zero-order valence-corrected chi connectivity index (χ0v) is 15.3. The molecule has 0 saturated heterocycles. The summed E-state index contributed by atoms with van der Waals surface area (Å²) >= 11 is 0. The summed E-state index contributed by atoms with van der Waals surface area (Å²) in [5.74, 6) is -0.243. The minimum Gasteiger partial charge on any atom is -0.464 e. The van der Waals surface area contributed by atoms with E-state index in [9.17, 15) is 14.4 Å². The van der Waals surface area contributed by atoms with Gasteiger partial charge in [0.25, 0.3) is 0 Å². The molecule has 2 unspecified atom stereocenters. The SMILES string of the molecule is COC(=O)N(C)C(C)C(=O)N(C)C(C)C(=O)OCCCC(C)C. The number of hydrogen-bond acceptors (Lipinski definition) is 5. The topological polar surface area (TPSA) is 76.2 Å². The second-order valence-electron chi connectivity index (χ2n) is 6.09. The highest BCUT2D eigenvalue weighted by atomic mass is 16.5. The molecule has 0 radical (unpaired) electrons. The van der Waals surface area contributed by atoms with Crippen LogP contribution >= 0.6 is 0 Å². The maximum atomic E-state index is 12.3. The Balaban J connectivity index is 4.50. The van der Waals surface area contributed by atoms with E-state index in [2.05, 4.69) is 18.6 Å². The van der Waals surface area contributed by atoms with Crippen molar-refractivity contribution in [3.63, 3.8) is 0 Å². The van der Waals surface area contributed by atoms with Crippen molar-refractivity contribution < 1.29 is 23.9 Å². The van der Waals surface area contributed by atoms with Gasteiger partial charge in [0.05, 0.1) is 13.7 Å².